The molecule has 0 atom stereocenters. The van der Waals surface area contributed by atoms with Crippen LogP contribution >= 0.6 is 11.3 Å². The summed E-state index contributed by atoms with van der Waals surface area (Å²) < 4.78 is 9.04. The van der Waals surface area contributed by atoms with Gasteiger partial charge in [-0.3, -0.25) is 0 Å². The summed E-state index contributed by atoms with van der Waals surface area (Å²) in [5, 5.41) is 4.86. The van der Waals surface area contributed by atoms with Gasteiger partial charge in [-0.2, -0.15) is 0 Å². The molecule has 0 saturated heterocycles. The smallest absolute Gasteiger partial charge is 0.164 e. The number of fused-ring (bicyclic) bond motifs is 10. The summed E-state index contributed by atoms with van der Waals surface area (Å²) in [5.41, 5.74) is 11.9. The minimum Gasteiger partial charge on any atom is -0.456 e. The quantitative estimate of drug-likeness (QED) is 0.184. The van der Waals surface area contributed by atoms with Crippen LogP contribution in [0, 0.1) is 0 Å². The first-order valence-corrected chi connectivity index (χ1v) is 18.7. The number of benzene rings is 7. The van der Waals surface area contributed by atoms with E-state index in [1.165, 1.54) is 47.8 Å². The van der Waals surface area contributed by atoms with Crippen LogP contribution in [0.2, 0.25) is 0 Å². The number of aromatic nitrogens is 3. The van der Waals surface area contributed by atoms with E-state index in [1.54, 1.807) is 11.3 Å². The lowest BCUT2D eigenvalue weighted by Crippen LogP contribution is -2.15. The Hall–Kier alpha value is -6.43. The van der Waals surface area contributed by atoms with Crippen molar-refractivity contribution < 1.29 is 4.42 Å². The lowest BCUT2D eigenvalue weighted by molar-refractivity contribution is 0.620. The summed E-state index contributed by atoms with van der Waals surface area (Å²) in [6.45, 7) is 4.62. The summed E-state index contributed by atoms with van der Waals surface area (Å²) in [6, 6.07) is 53.6. The first-order valence-electron chi connectivity index (χ1n) is 17.9. The summed E-state index contributed by atoms with van der Waals surface area (Å²) in [5.74, 6) is 1.96. The molecule has 0 aliphatic heterocycles. The van der Waals surface area contributed by atoms with Gasteiger partial charge in [0, 0.05) is 58.6 Å². The van der Waals surface area contributed by atoms with E-state index in [-0.39, 0.29) is 5.41 Å². The van der Waals surface area contributed by atoms with Crippen LogP contribution in [-0.2, 0) is 5.41 Å². The zero-order chi connectivity index (χ0) is 35.3. The highest BCUT2D eigenvalue weighted by Crippen LogP contribution is 2.53. The number of thiophene rings is 1. The minimum absolute atomic E-state index is 0.202. The molecule has 53 heavy (non-hydrogen) atoms. The van der Waals surface area contributed by atoms with Crippen LogP contribution in [0.4, 0.5) is 0 Å². The second-order valence-electron chi connectivity index (χ2n) is 14.4. The van der Waals surface area contributed by atoms with E-state index < -0.39 is 0 Å². The highest BCUT2D eigenvalue weighted by atomic mass is 32.1. The fourth-order valence-corrected chi connectivity index (χ4v) is 9.46. The topological polar surface area (TPSA) is 51.8 Å². The molecule has 7 aromatic carbocycles. The van der Waals surface area contributed by atoms with E-state index in [1.807, 2.05) is 24.3 Å². The van der Waals surface area contributed by atoms with E-state index in [2.05, 4.69) is 141 Å². The fraction of sp³-hybridized carbons (Fsp3) is 0.0625. The Kier molecular flexibility index (Phi) is 6.43. The summed E-state index contributed by atoms with van der Waals surface area (Å²) in [6.07, 6.45) is 0. The second-order valence-corrected chi connectivity index (χ2v) is 15.5. The third-order valence-corrected chi connectivity index (χ3v) is 12.0. The molecule has 3 heterocycles. The molecule has 0 bridgehead atoms. The van der Waals surface area contributed by atoms with Crippen LogP contribution in [0.15, 0.2) is 156 Å². The van der Waals surface area contributed by atoms with Gasteiger partial charge in [0.25, 0.3) is 0 Å². The second kappa shape index (κ2) is 11.3. The number of nitrogens with zero attached hydrogens (tertiary/aromatic N) is 3. The van der Waals surface area contributed by atoms with Gasteiger partial charge in [0.05, 0.1) is 0 Å². The van der Waals surface area contributed by atoms with Gasteiger partial charge >= 0.3 is 0 Å². The van der Waals surface area contributed by atoms with E-state index in [0.29, 0.717) is 17.5 Å². The van der Waals surface area contributed by atoms with Gasteiger partial charge in [-0.05, 0) is 64.2 Å². The molecule has 0 N–H and O–H groups in total. The number of para-hydroxylation sites is 1. The van der Waals surface area contributed by atoms with Crippen molar-refractivity contribution in [3.8, 4) is 56.4 Å². The molecule has 4 nitrogen and oxygen atoms in total. The third-order valence-electron chi connectivity index (χ3n) is 10.9. The zero-order valence-electron chi connectivity index (χ0n) is 29.1. The molecule has 0 fully saturated rings. The highest BCUT2D eigenvalue weighted by molar-refractivity contribution is 7.25. The number of hydrogen-bond acceptors (Lipinski definition) is 5. The lowest BCUT2D eigenvalue weighted by Gasteiger charge is -2.21. The fourth-order valence-electron chi connectivity index (χ4n) is 8.31. The van der Waals surface area contributed by atoms with E-state index in [0.717, 1.165) is 44.4 Å². The Balaban J connectivity index is 1.03. The Labute approximate surface area is 310 Å². The predicted molar refractivity (Wildman–Crippen MR) is 219 cm³/mol. The first-order chi connectivity index (χ1) is 26.0. The predicted octanol–water partition coefficient (Wildman–Crippen LogP) is 13.1. The standard InChI is InChI=1S/C48H31N3OS/c1-48(2)39-24-20-30(26-38(39)36-22-23-37-33-15-6-8-17-40(33)52-44(37)43(36)48)29-13-10-14-31(25-29)46-49-45(28-11-4-3-5-12-28)50-47(51-46)32-19-21-35-34-16-7-9-18-41(34)53-42(35)27-32/h3-27H,1-2H3. The van der Waals surface area contributed by atoms with Crippen LogP contribution in [0.1, 0.15) is 25.0 Å². The maximum absolute atomic E-state index is 6.54. The molecule has 1 aliphatic rings. The van der Waals surface area contributed by atoms with Gasteiger partial charge in [-0.1, -0.05) is 129 Å². The first kappa shape index (κ1) is 30.2. The van der Waals surface area contributed by atoms with Crippen molar-refractivity contribution >= 4 is 53.4 Å². The average molecular weight is 698 g/mol. The van der Waals surface area contributed by atoms with E-state index >= 15 is 0 Å². The average Bonchev–Trinajstić information content (AvgIpc) is 3.85. The molecule has 3 aromatic heterocycles. The van der Waals surface area contributed by atoms with Crippen molar-refractivity contribution in [3.63, 3.8) is 0 Å². The van der Waals surface area contributed by atoms with Gasteiger partial charge in [-0.25, -0.2) is 15.0 Å². The van der Waals surface area contributed by atoms with Crippen molar-refractivity contribution in [1.82, 2.24) is 15.0 Å². The Morgan fingerprint density at radius 1 is 0.453 bits per heavy atom. The molecule has 0 unspecified atom stereocenters. The maximum Gasteiger partial charge on any atom is 0.164 e. The number of furan rings is 1. The van der Waals surface area contributed by atoms with Crippen LogP contribution < -0.4 is 0 Å². The van der Waals surface area contributed by atoms with Gasteiger partial charge in [-0.15, -0.1) is 11.3 Å². The van der Waals surface area contributed by atoms with Crippen molar-refractivity contribution in [2.24, 2.45) is 0 Å². The SMILES string of the molecule is CC1(C)c2ccc(-c3cccc(-c4nc(-c5ccccc5)nc(-c5ccc6c(c5)sc5ccccc56)n4)c3)cc2-c2ccc3c(oc4ccccc43)c21. The normalized spacial score (nSPS) is 13.2. The van der Waals surface area contributed by atoms with Gasteiger partial charge in [0.15, 0.2) is 17.5 Å². The Bertz CT molecular complexity index is 3100. The number of hydrogen-bond donors (Lipinski definition) is 0. The van der Waals surface area contributed by atoms with Crippen molar-refractivity contribution in [1.29, 1.82) is 0 Å². The van der Waals surface area contributed by atoms with E-state index in [9.17, 15) is 0 Å². The van der Waals surface area contributed by atoms with Gasteiger partial charge < -0.3 is 4.42 Å². The summed E-state index contributed by atoms with van der Waals surface area (Å²) in [4.78, 5) is 15.2. The molecular weight excluding hydrogens is 667 g/mol. The van der Waals surface area contributed by atoms with E-state index in [4.69, 9.17) is 19.4 Å². The molecule has 0 amide bonds. The Morgan fingerprint density at radius 3 is 1.92 bits per heavy atom. The van der Waals surface area contributed by atoms with Crippen molar-refractivity contribution in [2.75, 3.05) is 0 Å². The van der Waals surface area contributed by atoms with Crippen LogP contribution in [0.25, 0.3) is 98.5 Å². The third kappa shape index (κ3) is 4.64. The molecule has 5 heteroatoms. The molecule has 250 valence electrons. The van der Waals surface area contributed by atoms with Crippen LogP contribution in [-0.4, -0.2) is 15.0 Å². The zero-order valence-corrected chi connectivity index (χ0v) is 29.9. The van der Waals surface area contributed by atoms with Crippen LogP contribution in [0.5, 0.6) is 0 Å². The monoisotopic (exact) mass is 697 g/mol. The van der Waals surface area contributed by atoms with Crippen molar-refractivity contribution in [2.45, 2.75) is 19.3 Å². The van der Waals surface area contributed by atoms with Crippen molar-refractivity contribution in [3.05, 3.63) is 163 Å². The molecule has 1 aliphatic carbocycles. The summed E-state index contributed by atoms with van der Waals surface area (Å²) >= 11 is 1.80. The highest BCUT2D eigenvalue weighted by Gasteiger charge is 2.38. The Morgan fingerprint density at radius 2 is 1.08 bits per heavy atom. The van der Waals surface area contributed by atoms with Crippen LogP contribution in [0.3, 0.4) is 0 Å². The molecule has 0 spiro atoms. The molecule has 0 radical (unpaired) electrons. The number of rotatable bonds is 4. The lowest BCUT2D eigenvalue weighted by atomic mass is 9.81. The maximum atomic E-state index is 6.54. The largest absolute Gasteiger partial charge is 0.456 e. The van der Waals surface area contributed by atoms with Gasteiger partial charge in [0.2, 0.25) is 0 Å². The van der Waals surface area contributed by atoms with Gasteiger partial charge in [0.1, 0.15) is 11.2 Å². The molecular formula is C48H31N3OS. The minimum atomic E-state index is -0.202. The molecule has 10 aromatic rings. The molecule has 0 saturated carbocycles. The summed E-state index contributed by atoms with van der Waals surface area (Å²) in [7, 11) is 0. The molecule has 11 rings (SSSR count).